The van der Waals surface area contributed by atoms with Crippen molar-refractivity contribution in [3.05, 3.63) is 34.8 Å². The van der Waals surface area contributed by atoms with Gasteiger partial charge in [-0.25, -0.2) is 4.98 Å². The van der Waals surface area contributed by atoms with E-state index in [0.29, 0.717) is 16.6 Å². The number of fused-ring (bicyclic) bond motifs is 1. The molecule has 7 heteroatoms. The van der Waals surface area contributed by atoms with Gasteiger partial charge in [0.25, 0.3) is 5.91 Å². The fraction of sp³-hybridized carbons (Fsp3) is 0.267. The normalized spacial score (nSPS) is 13.5. The second-order valence-electron chi connectivity index (χ2n) is 5.08. The lowest BCUT2D eigenvalue weighted by atomic mass is 10.1. The average molecular weight is 317 g/mol. The quantitative estimate of drug-likeness (QED) is 0.941. The number of amides is 2. The van der Waals surface area contributed by atoms with Crippen molar-refractivity contribution in [1.82, 2.24) is 4.98 Å². The number of nitrogens with one attached hydrogen (secondary N) is 1. The SMILES string of the molecule is Cc1ccc2c(c1)N(CC(=O)Nc1nc(C)cs1)C(=O)CO2. The Morgan fingerprint density at radius 3 is 3.00 bits per heavy atom. The number of hydrogen-bond donors (Lipinski definition) is 1. The summed E-state index contributed by atoms with van der Waals surface area (Å²) >= 11 is 1.36. The number of rotatable bonds is 3. The van der Waals surface area contributed by atoms with Crippen LogP contribution in [0.5, 0.6) is 5.75 Å². The number of ether oxygens (including phenoxy) is 1. The number of nitrogens with zero attached hydrogens (tertiary/aromatic N) is 2. The summed E-state index contributed by atoms with van der Waals surface area (Å²) in [6.07, 6.45) is 0. The number of anilines is 2. The fourth-order valence-electron chi connectivity index (χ4n) is 2.20. The summed E-state index contributed by atoms with van der Waals surface area (Å²) < 4.78 is 5.39. The monoisotopic (exact) mass is 317 g/mol. The highest BCUT2D eigenvalue weighted by Crippen LogP contribution is 2.32. The van der Waals surface area contributed by atoms with E-state index in [0.717, 1.165) is 11.3 Å². The van der Waals surface area contributed by atoms with Crippen molar-refractivity contribution in [1.29, 1.82) is 0 Å². The third kappa shape index (κ3) is 2.94. The Kier molecular flexibility index (Phi) is 3.81. The third-order valence-corrected chi connectivity index (χ3v) is 4.10. The summed E-state index contributed by atoms with van der Waals surface area (Å²) in [6, 6.07) is 5.56. The molecule has 2 amide bonds. The third-order valence-electron chi connectivity index (χ3n) is 3.22. The predicted octanol–water partition coefficient (Wildman–Crippen LogP) is 2.12. The molecule has 0 spiro atoms. The topological polar surface area (TPSA) is 71.5 Å². The molecule has 0 atom stereocenters. The van der Waals surface area contributed by atoms with Gasteiger partial charge < -0.3 is 10.1 Å². The Balaban J connectivity index is 1.78. The molecule has 0 bridgehead atoms. The standard InChI is InChI=1S/C15H15N3O3S/c1-9-3-4-12-11(5-9)18(14(20)7-21-12)6-13(19)17-15-16-10(2)8-22-15/h3-5,8H,6-7H2,1-2H3,(H,16,17,19). The van der Waals surface area contributed by atoms with Crippen molar-refractivity contribution >= 4 is 34.0 Å². The van der Waals surface area contributed by atoms with Crippen LogP contribution in [0.15, 0.2) is 23.6 Å². The lowest BCUT2D eigenvalue weighted by Gasteiger charge is -2.29. The first-order chi connectivity index (χ1) is 10.5. The molecule has 1 aliphatic heterocycles. The molecule has 22 heavy (non-hydrogen) atoms. The summed E-state index contributed by atoms with van der Waals surface area (Å²) in [4.78, 5) is 29.8. The zero-order valence-electron chi connectivity index (χ0n) is 12.3. The zero-order chi connectivity index (χ0) is 15.7. The van der Waals surface area contributed by atoms with Gasteiger partial charge >= 0.3 is 0 Å². The molecule has 3 rings (SSSR count). The minimum absolute atomic E-state index is 0.0559. The van der Waals surface area contributed by atoms with E-state index in [1.165, 1.54) is 16.2 Å². The van der Waals surface area contributed by atoms with Crippen molar-refractivity contribution in [3.8, 4) is 5.75 Å². The maximum absolute atomic E-state index is 12.2. The Hall–Kier alpha value is -2.41. The predicted molar refractivity (Wildman–Crippen MR) is 84.5 cm³/mol. The van der Waals surface area contributed by atoms with Crippen LogP contribution in [-0.4, -0.2) is 29.9 Å². The fourth-order valence-corrected chi connectivity index (χ4v) is 2.90. The van der Waals surface area contributed by atoms with E-state index in [1.807, 2.05) is 37.4 Å². The van der Waals surface area contributed by atoms with Gasteiger partial charge in [0, 0.05) is 5.38 Å². The van der Waals surface area contributed by atoms with E-state index in [9.17, 15) is 9.59 Å². The number of benzene rings is 1. The second kappa shape index (κ2) is 5.76. The number of aryl methyl sites for hydroxylation is 2. The molecule has 1 aliphatic rings. The molecule has 1 N–H and O–H groups in total. The number of carbonyl (C=O) groups excluding carboxylic acids is 2. The molecule has 0 fully saturated rings. The molecule has 2 aromatic rings. The van der Waals surface area contributed by atoms with E-state index in [4.69, 9.17) is 4.74 Å². The molecule has 0 saturated heterocycles. The molecule has 1 aromatic heterocycles. The minimum Gasteiger partial charge on any atom is -0.482 e. The first-order valence-electron chi connectivity index (χ1n) is 6.79. The first-order valence-corrected chi connectivity index (χ1v) is 7.66. The number of hydrogen-bond acceptors (Lipinski definition) is 5. The van der Waals surface area contributed by atoms with Crippen LogP contribution in [0.2, 0.25) is 0 Å². The van der Waals surface area contributed by atoms with E-state index < -0.39 is 0 Å². The number of thiazole rings is 1. The van der Waals surface area contributed by atoms with Crippen molar-refractivity contribution < 1.29 is 14.3 Å². The van der Waals surface area contributed by atoms with Crippen LogP contribution in [0.4, 0.5) is 10.8 Å². The molecule has 6 nitrogen and oxygen atoms in total. The van der Waals surface area contributed by atoms with Crippen LogP contribution in [0.1, 0.15) is 11.3 Å². The summed E-state index contributed by atoms with van der Waals surface area (Å²) in [5.74, 6) is 0.101. The molecule has 0 unspecified atom stereocenters. The zero-order valence-corrected chi connectivity index (χ0v) is 13.1. The summed E-state index contributed by atoms with van der Waals surface area (Å²) in [5, 5.41) is 5.10. The number of carbonyl (C=O) groups is 2. The van der Waals surface area contributed by atoms with Gasteiger partial charge in [-0.15, -0.1) is 11.3 Å². The lowest BCUT2D eigenvalue weighted by molar-refractivity contribution is -0.123. The molecule has 2 heterocycles. The smallest absolute Gasteiger partial charge is 0.265 e. The molecule has 0 saturated carbocycles. The summed E-state index contributed by atoms with van der Waals surface area (Å²) in [5.41, 5.74) is 2.48. The maximum Gasteiger partial charge on any atom is 0.265 e. The molecule has 0 radical (unpaired) electrons. The highest BCUT2D eigenvalue weighted by Gasteiger charge is 2.27. The van der Waals surface area contributed by atoms with Crippen LogP contribution >= 0.6 is 11.3 Å². The molecule has 0 aliphatic carbocycles. The van der Waals surface area contributed by atoms with Crippen LogP contribution in [0, 0.1) is 13.8 Å². The van der Waals surface area contributed by atoms with E-state index in [2.05, 4.69) is 10.3 Å². The largest absolute Gasteiger partial charge is 0.482 e. The van der Waals surface area contributed by atoms with Crippen molar-refractivity contribution in [3.63, 3.8) is 0 Å². The highest BCUT2D eigenvalue weighted by molar-refractivity contribution is 7.13. The van der Waals surface area contributed by atoms with Crippen LogP contribution in [0.25, 0.3) is 0 Å². The van der Waals surface area contributed by atoms with Crippen molar-refractivity contribution in [2.24, 2.45) is 0 Å². The Morgan fingerprint density at radius 1 is 1.45 bits per heavy atom. The molecular weight excluding hydrogens is 302 g/mol. The van der Waals surface area contributed by atoms with E-state index in [1.54, 1.807) is 0 Å². The summed E-state index contributed by atoms with van der Waals surface area (Å²) in [6.45, 7) is 3.67. The second-order valence-corrected chi connectivity index (χ2v) is 5.94. The Labute approximate surface area is 131 Å². The van der Waals surface area contributed by atoms with Crippen molar-refractivity contribution in [2.45, 2.75) is 13.8 Å². The van der Waals surface area contributed by atoms with Crippen LogP contribution in [0.3, 0.4) is 0 Å². The lowest BCUT2D eigenvalue weighted by Crippen LogP contribution is -2.43. The molecule has 1 aromatic carbocycles. The van der Waals surface area contributed by atoms with Gasteiger partial charge in [-0.2, -0.15) is 0 Å². The van der Waals surface area contributed by atoms with Crippen LogP contribution < -0.4 is 15.0 Å². The van der Waals surface area contributed by atoms with Gasteiger partial charge in [-0.3, -0.25) is 14.5 Å². The van der Waals surface area contributed by atoms with E-state index in [-0.39, 0.29) is 25.0 Å². The Morgan fingerprint density at radius 2 is 2.27 bits per heavy atom. The van der Waals surface area contributed by atoms with Gasteiger partial charge in [0.2, 0.25) is 5.91 Å². The van der Waals surface area contributed by atoms with E-state index >= 15 is 0 Å². The minimum atomic E-state index is -0.281. The summed E-state index contributed by atoms with van der Waals surface area (Å²) in [7, 11) is 0. The van der Waals surface area contributed by atoms with Gasteiger partial charge in [0.1, 0.15) is 12.3 Å². The first kappa shape index (κ1) is 14.5. The molecule has 114 valence electrons. The van der Waals surface area contributed by atoms with Gasteiger partial charge in [-0.1, -0.05) is 6.07 Å². The Bertz CT molecular complexity index is 741. The van der Waals surface area contributed by atoms with Crippen molar-refractivity contribution in [2.75, 3.05) is 23.4 Å². The molecular formula is C15H15N3O3S. The maximum atomic E-state index is 12.2. The van der Waals surface area contributed by atoms with Crippen LogP contribution in [-0.2, 0) is 9.59 Å². The van der Waals surface area contributed by atoms with Gasteiger partial charge in [-0.05, 0) is 31.5 Å². The average Bonchev–Trinajstić information content (AvgIpc) is 2.87. The highest BCUT2D eigenvalue weighted by atomic mass is 32.1. The van der Waals surface area contributed by atoms with Gasteiger partial charge in [0.05, 0.1) is 11.4 Å². The number of aromatic nitrogens is 1. The van der Waals surface area contributed by atoms with Gasteiger partial charge in [0.15, 0.2) is 11.7 Å².